The minimum absolute atomic E-state index is 0.0617. The van der Waals surface area contributed by atoms with Crippen LogP contribution >= 0.6 is 0 Å². The van der Waals surface area contributed by atoms with Crippen molar-refractivity contribution in [2.75, 3.05) is 0 Å². The van der Waals surface area contributed by atoms with E-state index in [1.807, 2.05) is 6.07 Å². The van der Waals surface area contributed by atoms with Gasteiger partial charge in [-0.1, -0.05) is 0 Å². The van der Waals surface area contributed by atoms with Crippen molar-refractivity contribution in [1.29, 1.82) is 0 Å². The molecule has 1 aromatic carbocycles. The number of carboxylic acid groups (broad SMARTS) is 1. The molecule has 2 aliphatic rings. The van der Waals surface area contributed by atoms with Crippen LogP contribution in [0.1, 0.15) is 41.9 Å². The van der Waals surface area contributed by atoms with Crippen LogP contribution in [0.5, 0.6) is 5.75 Å². The fourth-order valence-corrected chi connectivity index (χ4v) is 2.75. The minimum atomic E-state index is -0.803. The number of carbonyl (C=O) groups is 1. The summed E-state index contributed by atoms with van der Waals surface area (Å²) in [6.45, 7) is 1.10. The van der Waals surface area contributed by atoms with Gasteiger partial charge in [0.05, 0.1) is 19.6 Å². The van der Waals surface area contributed by atoms with Gasteiger partial charge in [0.1, 0.15) is 5.75 Å². The van der Waals surface area contributed by atoms with E-state index in [9.17, 15) is 9.90 Å². The lowest BCUT2D eigenvalue weighted by Gasteiger charge is -2.17. The Balaban J connectivity index is 1.95. The number of ether oxygens (including phenoxy) is 1. The Morgan fingerprint density at radius 3 is 2.61 bits per heavy atom. The second-order valence-corrected chi connectivity index (χ2v) is 5.21. The number of phenols is 1. The molecule has 0 saturated heterocycles. The van der Waals surface area contributed by atoms with Gasteiger partial charge in [-0.3, -0.25) is 4.79 Å². The van der Waals surface area contributed by atoms with Crippen LogP contribution in [0.4, 0.5) is 0 Å². The molecule has 0 bridgehead atoms. The first-order chi connectivity index (χ1) is 8.65. The summed E-state index contributed by atoms with van der Waals surface area (Å²) in [5.74, 6) is -0.235. The van der Waals surface area contributed by atoms with E-state index in [1.54, 1.807) is 6.07 Å². The van der Waals surface area contributed by atoms with Crippen LogP contribution < -0.4 is 0 Å². The predicted octanol–water partition coefficient (Wildman–Crippen LogP) is 2.39. The van der Waals surface area contributed by atoms with Crippen molar-refractivity contribution in [2.45, 2.75) is 38.4 Å². The number of fused-ring (bicyclic) bond motifs is 1. The molecule has 2 N–H and O–H groups in total. The van der Waals surface area contributed by atoms with Crippen LogP contribution in [-0.4, -0.2) is 16.2 Å². The summed E-state index contributed by atoms with van der Waals surface area (Å²) in [7, 11) is 0. The number of phenolic OH excluding ortho intramolecular Hbond substituents is 1. The van der Waals surface area contributed by atoms with Crippen molar-refractivity contribution in [3.05, 3.63) is 28.8 Å². The Morgan fingerprint density at radius 1 is 1.33 bits per heavy atom. The van der Waals surface area contributed by atoms with Gasteiger partial charge in [-0.15, -0.1) is 0 Å². The summed E-state index contributed by atoms with van der Waals surface area (Å²) in [6.07, 6.45) is 2.22. The highest BCUT2D eigenvalue weighted by molar-refractivity contribution is 5.68. The molecule has 1 heterocycles. The Kier molecular flexibility index (Phi) is 2.74. The number of aliphatic carboxylic acids is 1. The highest BCUT2D eigenvalue weighted by Crippen LogP contribution is 2.47. The number of rotatable bonds is 4. The van der Waals surface area contributed by atoms with E-state index in [-0.39, 0.29) is 18.1 Å². The van der Waals surface area contributed by atoms with Gasteiger partial charge in [-0.05, 0) is 47.6 Å². The van der Waals surface area contributed by atoms with Gasteiger partial charge < -0.3 is 14.9 Å². The fourth-order valence-electron chi connectivity index (χ4n) is 2.75. The highest BCUT2D eigenvalue weighted by atomic mass is 16.5. The van der Waals surface area contributed by atoms with Crippen LogP contribution in [0.25, 0.3) is 0 Å². The SMILES string of the molecule is O=C(O)CC(c1cc2c(cc1O)COC2)C1CC1. The molecule has 1 unspecified atom stereocenters. The summed E-state index contributed by atoms with van der Waals surface area (Å²) < 4.78 is 5.33. The minimum Gasteiger partial charge on any atom is -0.508 e. The molecule has 96 valence electrons. The quantitative estimate of drug-likeness (QED) is 0.858. The van der Waals surface area contributed by atoms with Crippen molar-refractivity contribution in [3.63, 3.8) is 0 Å². The summed E-state index contributed by atoms with van der Waals surface area (Å²) in [4.78, 5) is 11.0. The average Bonchev–Trinajstić information content (AvgIpc) is 3.05. The number of aromatic hydroxyl groups is 1. The molecule has 1 aromatic rings. The van der Waals surface area contributed by atoms with E-state index < -0.39 is 5.97 Å². The van der Waals surface area contributed by atoms with E-state index in [0.717, 1.165) is 29.5 Å². The third-order valence-corrected chi connectivity index (χ3v) is 3.85. The molecule has 4 nitrogen and oxygen atoms in total. The number of carboxylic acids is 1. The summed E-state index contributed by atoms with van der Waals surface area (Å²) in [5.41, 5.74) is 2.88. The van der Waals surface area contributed by atoms with Gasteiger partial charge in [0.2, 0.25) is 0 Å². The zero-order valence-corrected chi connectivity index (χ0v) is 10.1. The monoisotopic (exact) mass is 248 g/mol. The normalized spacial score (nSPS) is 19.6. The topological polar surface area (TPSA) is 66.8 Å². The first-order valence-corrected chi connectivity index (χ1v) is 6.29. The van der Waals surface area contributed by atoms with Crippen molar-refractivity contribution < 1.29 is 19.7 Å². The van der Waals surface area contributed by atoms with Crippen LogP contribution in [0, 0.1) is 5.92 Å². The molecule has 1 saturated carbocycles. The van der Waals surface area contributed by atoms with E-state index in [2.05, 4.69) is 0 Å². The molecule has 18 heavy (non-hydrogen) atoms. The number of hydrogen-bond acceptors (Lipinski definition) is 3. The van der Waals surface area contributed by atoms with Gasteiger partial charge in [0.25, 0.3) is 0 Å². The Morgan fingerprint density at radius 2 is 2.00 bits per heavy atom. The van der Waals surface area contributed by atoms with Crippen LogP contribution in [0.15, 0.2) is 12.1 Å². The van der Waals surface area contributed by atoms with Crippen LogP contribution in [0.2, 0.25) is 0 Å². The summed E-state index contributed by atoms with van der Waals surface area (Å²) in [6, 6.07) is 3.67. The lowest BCUT2D eigenvalue weighted by atomic mass is 9.88. The largest absolute Gasteiger partial charge is 0.508 e. The Labute approximate surface area is 105 Å². The summed E-state index contributed by atoms with van der Waals surface area (Å²) >= 11 is 0. The molecule has 3 rings (SSSR count). The summed E-state index contributed by atoms with van der Waals surface area (Å²) in [5, 5.41) is 19.1. The molecular weight excluding hydrogens is 232 g/mol. The molecule has 0 amide bonds. The van der Waals surface area contributed by atoms with Crippen molar-refractivity contribution in [2.24, 2.45) is 5.92 Å². The molecule has 1 aliphatic carbocycles. The van der Waals surface area contributed by atoms with Crippen molar-refractivity contribution >= 4 is 5.97 Å². The zero-order valence-electron chi connectivity index (χ0n) is 10.1. The van der Waals surface area contributed by atoms with Crippen LogP contribution in [-0.2, 0) is 22.7 Å². The van der Waals surface area contributed by atoms with Gasteiger partial charge in [0.15, 0.2) is 0 Å². The number of benzene rings is 1. The molecule has 1 atom stereocenters. The molecule has 1 fully saturated rings. The van der Waals surface area contributed by atoms with E-state index >= 15 is 0 Å². The standard InChI is InChI=1S/C14H16O4/c15-13-4-10-7-18-6-9(10)3-12(13)11(5-14(16)17)8-1-2-8/h3-4,8,11,15H,1-2,5-7H2,(H,16,17). The van der Waals surface area contributed by atoms with E-state index in [1.165, 1.54) is 0 Å². The molecule has 4 heteroatoms. The van der Waals surface area contributed by atoms with Gasteiger partial charge in [-0.25, -0.2) is 0 Å². The first-order valence-electron chi connectivity index (χ1n) is 6.29. The maximum atomic E-state index is 11.0. The molecular formula is C14H16O4. The van der Waals surface area contributed by atoms with E-state index in [4.69, 9.17) is 9.84 Å². The molecule has 0 aromatic heterocycles. The maximum absolute atomic E-state index is 11.0. The maximum Gasteiger partial charge on any atom is 0.303 e. The second-order valence-electron chi connectivity index (χ2n) is 5.21. The van der Waals surface area contributed by atoms with Gasteiger partial charge in [-0.2, -0.15) is 0 Å². The molecule has 0 spiro atoms. The fraction of sp³-hybridized carbons (Fsp3) is 0.500. The van der Waals surface area contributed by atoms with Crippen molar-refractivity contribution in [3.8, 4) is 5.75 Å². The third kappa shape index (κ3) is 2.08. The smallest absolute Gasteiger partial charge is 0.303 e. The van der Waals surface area contributed by atoms with Crippen molar-refractivity contribution in [1.82, 2.24) is 0 Å². The Hall–Kier alpha value is -1.55. The van der Waals surface area contributed by atoms with Gasteiger partial charge in [0, 0.05) is 5.92 Å². The average molecular weight is 248 g/mol. The predicted molar refractivity (Wildman–Crippen MR) is 64.3 cm³/mol. The molecule has 1 aliphatic heterocycles. The highest BCUT2D eigenvalue weighted by Gasteiger charge is 2.35. The van der Waals surface area contributed by atoms with E-state index in [0.29, 0.717) is 19.1 Å². The van der Waals surface area contributed by atoms with Crippen LogP contribution in [0.3, 0.4) is 0 Å². The lowest BCUT2D eigenvalue weighted by Crippen LogP contribution is -2.09. The molecule has 0 radical (unpaired) electrons. The first kappa shape index (κ1) is 11.5. The number of hydrogen-bond donors (Lipinski definition) is 2. The zero-order chi connectivity index (χ0) is 12.7. The third-order valence-electron chi connectivity index (χ3n) is 3.85. The Bertz CT molecular complexity index is 491. The lowest BCUT2D eigenvalue weighted by molar-refractivity contribution is -0.137. The second kappa shape index (κ2) is 4.28. The van der Waals surface area contributed by atoms with Gasteiger partial charge >= 0.3 is 5.97 Å².